The number of likely N-dealkylation sites (N-methyl/N-ethyl adjacent to an activating group) is 1. The Hall–Kier alpha value is -3.90. The van der Waals surface area contributed by atoms with Crippen molar-refractivity contribution in [2.45, 2.75) is 44.2 Å². The van der Waals surface area contributed by atoms with Gasteiger partial charge in [-0.25, -0.2) is 4.79 Å². The summed E-state index contributed by atoms with van der Waals surface area (Å²) in [5, 5.41) is 23.0. The van der Waals surface area contributed by atoms with E-state index in [9.17, 15) is 39.0 Å². The Morgan fingerprint density at radius 3 is 2.38 bits per heavy atom. The van der Waals surface area contributed by atoms with Crippen LogP contribution >= 0.6 is 0 Å². The number of aromatic hydroxyl groups is 1. The molecule has 12 nitrogen and oxygen atoms in total. The number of hydrogen-bond donors (Lipinski definition) is 3. The second-order valence-corrected chi connectivity index (χ2v) is 11.7. The number of unbranched alkanes of at least 4 members (excludes halogenated alkanes) is 1. The largest absolute Gasteiger partial charge is 0.507 e. The monoisotopic (exact) mass is 583 g/mol. The predicted octanol–water partition coefficient (Wildman–Crippen LogP) is 0.290. The number of esters is 1. The molecular weight excluding hydrogens is 546 g/mol. The van der Waals surface area contributed by atoms with E-state index in [4.69, 9.17) is 10.5 Å². The number of carbonyl (C=O) groups is 6. The Bertz CT molecular complexity index is 1400. The van der Waals surface area contributed by atoms with Gasteiger partial charge in [0.1, 0.15) is 5.75 Å². The van der Waals surface area contributed by atoms with Gasteiger partial charge < -0.3 is 25.6 Å². The third kappa shape index (κ3) is 4.82. The maximum Gasteiger partial charge on any atom is 0.330 e. The molecule has 6 atom stereocenters. The highest BCUT2D eigenvalue weighted by atomic mass is 16.5. The van der Waals surface area contributed by atoms with Gasteiger partial charge in [0, 0.05) is 37.3 Å². The summed E-state index contributed by atoms with van der Waals surface area (Å²) in [6.45, 7) is 2.19. The van der Waals surface area contributed by atoms with Crippen LogP contribution in [0.5, 0.6) is 5.75 Å². The Labute approximate surface area is 243 Å². The molecule has 0 spiro atoms. The number of hydrogen-bond acceptors (Lipinski definition) is 11. The van der Waals surface area contributed by atoms with Gasteiger partial charge >= 0.3 is 5.97 Å². The number of aliphatic hydroxyl groups is 1. The molecule has 1 amide bonds. The van der Waals surface area contributed by atoms with Crippen LogP contribution < -0.4 is 10.6 Å². The molecule has 2 fully saturated rings. The number of ether oxygens (including phenoxy) is 1. The zero-order valence-electron chi connectivity index (χ0n) is 24.4. The topological polar surface area (TPSA) is 185 Å². The first kappa shape index (κ1) is 31.0. The van der Waals surface area contributed by atoms with Crippen LogP contribution in [-0.2, 0) is 35.1 Å². The van der Waals surface area contributed by atoms with Gasteiger partial charge in [0.05, 0.1) is 24.1 Å². The van der Waals surface area contributed by atoms with E-state index in [0.717, 1.165) is 12.5 Å². The van der Waals surface area contributed by atoms with Crippen LogP contribution in [0.15, 0.2) is 12.1 Å². The van der Waals surface area contributed by atoms with Crippen molar-refractivity contribution in [1.82, 2.24) is 4.90 Å². The number of primary amides is 1. The number of phenolic OH excluding ortho intramolecular Hbond substituents is 1. The van der Waals surface area contributed by atoms with E-state index in [1.165, 1.54) is 25.1 Å². The lowest BCUT2D eigenvalue weighted by molar-refractivity contribution is -0.181. The number of phenols is 1. The van der Waals surface area contributed by atoms with Crippen LogP contribution in [0.1, 0.15) is 47.7 Å². The first-order chi connectivity index (χ1) is 19.7. The highest BCUT2D eigenvalue weighted by Crippen LogP contribution is 2.52. The molecule has 4 rings (SSSR count). The van der Waals surface area contributed by atoms with Crippen LogP contribution in [-0.4, -0.2) is 96.6 Å². The van der Waals surface area contributed by atoms with Gasteiger partial charge in [-0.1, -0.05) is 13.3 Å². The Morgan fingerprint density at radius 2 is 1.81 bits per heavy atom. The quantitative estimate of drug-likeness (QED) is 0.165. The Kier molecular flexibility index (Phi) is 8.43. The van der Waals surface area contributed by atoms with Gasteiger partial charge in [-0.05, 0) is 57.0 Å². The van der Waals surface area contributed by atoms with E-state index < -0.39 is 76.1 Å². The number of anilines is 1. The molecule has 1 aromatic rings. The van der Waals surface area contributed by atoms with E-state index in [1.807, 2.05) is 6.92 Å². The molecule has 0 bridgehead atoms. The standard InChI is InChI=1S/C30H37N3O9/c1-6-7-10-42-19(34)9-8-14-13-18(32(2)3)16-11-15-12-17-23(33(4)5)26(37)22(29(31)40)28(39)30(17,41)27(38)20(15)25(36)21(16)24(14)35/h8-9,13,15,17,20,22-23,35,41H,6-7,10-12H2,1-5H3,(H2,31,40)/t15-,17-,20?,22?,23-,30-/m1/s1. The maximum atomic E-state index is 14.0. The van der Waals surface area contributed by atoms with Crippen molar-refractivity contribution in [3.05, 3.63) is 28.8 Å². The second-order valence-electron chi connectivity index (χ2n) is 11.7. The number of nitrogens with zero attached hydrogens (tertiary/aromatic N) is 2. The Morgan fingerprint density at radius 1 is 1.14 bits per heavy atom. The van der Waals surface area contributed by atoms with E-state index >= 15 is 0 Å². The van der Waals surface area contributed by atoms with E-state index in [2.05, 4.69) is 0 Å². The molecule has 2 saturated carbocycles. The van der Waals surface area contributed by atoms with Gasteiger partial charge in [0.25, 0.3) is 0 Å². The normalized spacial score (nSPS) is 28.9. The van der Waals surface area contributed by atoms with E-state index in [1.54, 1.807) is 25.1 Å². The third-order valence-electron chi connectivity index (χ3n) is 8.69. The average molecular weight is 584 g/mol. The van der Waals surface area contributed by atoms with Crippen molar-refractivity contribution >= 4 is 46.8 Å². The van der Waals surface area contributed by atoms with Crippen LogP contribution in [0.4, 0.5) is 5.69 Å². The van der Waals surface area contributed by atoms with Crippen molar-refractivity contribution in [3.8, 4) is 5.75 Å². The summed E-state index contributed by atoms with van der Waals surface area (Å²) in [5.41, 5.74) is 3.59. The maximum absolute atomic E-state index is 14.0. The molecule has 2 unspecified atom stereocenters. The molecule has 0 heterocycles. The lowest BCUT2D eigenvalue weighted by atomic mass is 9.52. The summed E-state index contributed by atoms with van der Waals surface area (Å²) in [6.07, 6.45) is 4.08. The zero-order valence-corrected chi connectivity index (χ0v) is 24.4. The molecule has 1 aromatic carbocycles. The number of carbonyl (C=O) groups excluding carboxylic acids is 6. The van der Waals surface area contributed by atoms with Crippen molar-refractivity contribution in [3.63, 3.8) is 0 Å². The van der Waals surface area contributed by atoms with Crippen LogP contribution in [0.2, 0.25) is 0 Å². The van der Waals surface area contributed by atoms with Gasteiger partial charge in [0.15, 0.2) is 34.7 Å². The van der Waals surface area contributed by atoms with Gasteiger partial charge in [-0.2, -0.15) is 0 Å². The minimum absolute atomic E-state index is 0.0389. The number of rotatable bonds is 8. The van der Waals surface area contributed by atoms with Crippen molar-refractivity contribution in [2.75, 3.05) is 39.7 Å². The molecular formula is C30H37N3O9. The molecule has 12 heteroatoms. The number of benzene rings is 1. The fourth-order valence-electron chi connectivity index (χ4n) is 6.72. The van der Waals surface area contributed by atoms with Crippen molar-refractivity contribution < 1.29 is 43.7 Å². The van der Waals surface area contributed by atoms with E-state index in [-0.39, 0.29) is 30.6 Å². The summed E-state index contributed by atoms with van der Waals surface area (Å²) in [7, 11) is 6.55. The molecule has 0 radical (unpaired) electrons. The second kappa shape index (κ2) is 11.4. The summed E-state index contributed by atoms with van der Waals surface area (Å²) < 4.78 is 5.12. The first-order valence-corrected chi connectivity index (χ1v) is 13.9. The minimum atomic E-state index is -2.80. The van der Waals surface area contributed by atoms with Crippen LogP contribution in [0.3, 0.4) is 0 Å². The zero-order chi connectivity index (χ0) is 31.3. The minimum Gasteiger partial charge on any atom is -0.507 e. The summed E-state index contributed by atoms with van der Waals surface area (Å²) in [6, 6.07) is 0.449. The highest BCUT2D eigenvalue weighted by molar-refractivity contribution is 6.32. The lowest BCUT2D eigenvalue weighted by Crippen LogP contribution is -2.74. The molecule has 0 aromatic heterocycles. The fraction of sp³-hybridized carbons (Fsp3) is 0.533. The third-order valence-corrected chi connectivity index (χ3v) is 8.69. The van der Waals surface area contributed by atoms with Gasteiger partial charge in [-0.3, -0.25) is 28.9 Å². The molecule has 0 saturated heterocycles. The summed E-state index contributed by atoms with van der Waals surface area (Å²) in [4.78, 5) is 82.1. The van der Waals surface area contributed by atoms with Crippen LogP contribution in [0, 0.1) is 23.7 Å². The molecule has 3 aliphatic rings. The molecule has 226 valence electrons. The fourth-order valence-corrected chi connectivity index (χ4v) is 6.72. The Balaban J connectivity index is 1.81. The number of fused-ring (bicyclic) bond motifs is 3. The highest BCUT2D eigenvalue weighted by Gasteiger charge is 2.69. The number of ketones is 4. The molecule has 0 aliphatic heterocycles. The lowest BCUT2D eigenvalue weighted by Gasteiger charge is -2.52. The SMILES string of the molecule is CCCCOC(=O)C=Cc1cc(N(C)C)c2c(c1O)C(=O)C1C(=O)[C@@]3(O)C(=O)C(C(N)=O)C(=O)[C@H](N(C)C)[C@H]3C[C@H]1C2. The van der Waals surface area contributed by atoms with Gasteiger partial charge in [-0.15, -0.1) is 0 Å². The molecule has 4 N–H and O–H groups in total. The van der Waals surface area contributed by atoms with Crippen molar-refractivity contribution in [1.29, 1.82) is 0 Å². The molecule has 3 aliphatic carbocycles. The average Bonchev–Trinajstić information content (AvgIpc) is 2.89. The number of amides is 1. The van der Waals surface area contributed by atoms with Crippen molar-refractivity contribution in [2.24, 2.45) is 29.4 Å². The summed E-state index contributed by atoms with van der Waals surface area (Å²) >= 11 is 0. The van der Waals surface area contributed by atoms with Crippen LogP contribution in [0.25, 0.3) is 6.08 Å². The number of nitrogens with two attached hydrogens (primary N) is 1. The first-order valence-electron chi connectivity index (χ1n) is 13.9. The summed E-state index contributed by atoms with van der Waals surface area (Å²) in [5.74, 6) is -11.8. The number of Topliss-reactive ketones (excluding diaryl/α,β-unsaturated/α-hetero) is 4. The molecule has 42 heavy (non-hydrogen) atoms. The smallest absolute Gasteiger partial charge is 0.330 e. The predicted molar refractivity (Wildman–Crippen MR) is 151 cm³/mol. The van der Waals surface area contributed by atoms with E-state index in [0.29, 0.717) is 17.7 Å². The van der Waals surface area contributed by atoms with Gasteiger partial charge in [0.2, 0.25) is 5.91 Å².